The molecule has 0 bridgehead atoms. The monoisotopic (exact) mass is 402 g/mol. The van der Waals surface area contributed by atoms with Crippen LogP contribution in [0, 0.1) is 17.1 Å². The van der Waals surface area contributed by atoms with Gasteiger partial charge in [0.2, 0.25) is 0 Å². The summed E-state index contributed by atoms with van der Waals surface area (Å²) in [6, 6.07) is 5.40. The van der Waals surface area contributed by atoms with Gasteiger partial charge in [0, 0.05) is 0 Å². The minimum atomic E-state index is -1.27. The average Bonchev–Trinajstić information content (AvgIpc) is 3.17. The molecule has 1 aromatic carbocycles. The molecule has 0 saturated carbocycles. The molecule has 25 heavy (non-hydrogen) atoms. The largest absolute Gasteiger partial charge is 0.454 e. The molecule has 4 rings (SSSR count). The van der Waals surface area contributed by atoms with Crippen LogP contribution < -0.4 is 4.74 Å². The van der Waals surface area contributed by atoms with Gasteiger partial charge in [0.1, 0.15) is 34.8 Å². The van der Waals surface area contributed by atoms with E-state index >= 15 is 0 Å². The van der Waals surface area contributed by atoms with E-state index in [9.17, 15) is 9.18 Å². The first-order valence-corrected chi connectivity index (χ1v) is 7.94. The van der Waals surface area contributed by atoms with E-state index in [1.165, 1.54) is 30.9 Å². The first-order valence-electron chi connectivity index (χ1n) is 7.14. The Bertz CT molecular complexity index is 975. The summed E-state index contributed by atoms with van der Waals surface area (Å²) in [7, 11) is 0. The number of hydrogen-bond acceptors (Lipinski definition) is 6. The third-order valence-corrected chi connectivity index (χ3v) is 4.51. The highest BCUT2D eigenvalue weighted by Gasteiger charge is 2.52. The number of benzene rings is 1. The highest BCUT2D eigenvalue weighted by atomic mass is 79.9. The van der Waals surface area contributed by atoms with Gasteiger partial charge in [-0.15, -0.1) is 0 Å². The van der Waals surface area contributed by atoms with Crippen molar-refractivity contribution in [2.24, 2.45) is 0 Å². The molecule has 124 valence electrons. The number of halogens is 2. The number of hydrogen-bond donors (Lipinski definition) is 0. The van der Waals surface area contributed by atoms with Crippen molar-refractivity contribution in [2.75, 3.05) is 0 Å². The quantitative estimate of drug-likeness (QED) is 0.708. The van der Waals surface area contributed by atoms with Gasteiger partial charge < -0.3 is 14.2 Å². The zero-order chi connectivity index (χ0) is 17.6. The van der Waals surface area contributed by atoms with Crippen molar-refractivity contribution in [3.63, 3.8) is 0 Å². The molecule has 1 aliphatic heterocycles. The second-order valence-corrected chi connectivity index (χ2v) is 6.13. The molecule has 0 radical (unpaired) electrons. The predicted molar refractivity (Wildman–Crippen MR) is 85.1 cm³/mol. The van der Waals surface area contributed by atoms with Crippen LogP contribution in [-0.2, 0) is 15.3 Å². The lowest BCUT2D eigenvalue weighted by Gasteiger charge is -2.23. The molecule has 6 nitrogen and oxygen atoms in total. The average molecular weight is 403 g/mol. The van der Waals surface area contributed by atoms with Crippen LogP contribution >= 0.6 is 15.9 Å². The fraction of sp³-hybridized carbons (Fsp3) is 0.118. The van der Waals surface area contributed by atoms with Crippen molar-refractivity contribution in [3.8, 4) is 17.6 Å². The second-order valence-electron chi connectivity index (χ2n) is 5.38. The highest BCUT2D eigenvalue weighted by Crippen LogP contribution is 2.49. The van der Waals surface area contributed by atoms with Crippen LogP contribution in [0.15, 0.2) is 41.5 Å². The summed E-state index contributed by atoms with van der Waals surface area (Å²) in [5.41, 5.74) is 0.672. The molecule has 0 saturated heterocycles. The molecule has 1 aromatic heterocycles. The number of fused-ring (bicyclic) bond motifs is 2. The van der Waals surface area contributed by atoms with E-state index in [0.717, 1.165) is 6.07 Å². The SMILES string of the molecule is N#Cc1cc(F)ccc1Oc1cnc(Br)c2c1C(=O)CC21OC=CO1. The molecule has 1 aliphatic carbocycles. The smallest absolute Gasteiger partial charge is 0.287 e. The van der Waals surface area contributed by atoms with Crippen LogP contribution in [0.3, 0.4) is 0 Å². The van der Waals surface area contributed by atoms with E-state index in [2.05, 4.69) is 20.9 Å². The Morgan fingerprint density at radius 3 is 2.80 bits per heavy atom. The third kappa shape index (κ3) is 2.36. The van der Waals surface area contributed by atoms with Crippen molar-refractivity contribution in [2.45, 2.75) is 12.2 Å². The lowest BCUT2D eigenvalue weighted by Crippen LogP contribution is -2.24. The van der Waals surface area contributed by atoms with Crippen molar-refractivity contribution >= 4 is 21.7 Å². The maximum atomic E-state index is 13.3. The van der Waals surface area contributed by atoms with Crippen LogP contribution in [0.4, 0.5) is 4.39 Å². The molecule has 0 fully saturated rings. The normalized spacial score (nSPS) is 16.3. The summed E-state index contributed by atoms with van der Waals surface area (Å²) in [6.45, 7) is 0. The molecule has 0 amide bonds. The van der Waals surface area contributed by atoms with Crippen LogP contribution in [-0.4, -0.2) is 10.8 Å². The first kappa shape index (κ1) is 15.6. The van der Waals surface area contributed by atoms with E-state index in [-0.39, 0.29) is 34.8 Å². The highest BCUT2D eigenvalue weighted by molar-refractivity contribution is 9.10. The van der Waals surface area contributed by atoms with Gasteiger partial charge in [-0.05, 0) is 34.1 Å². The standard InChI is InChI=1S/C17H8BrFN2O4/c18-16-15-14(11(22)6-17(15)23-3-4-24-17)13(8-21-16)25-12-2-1-10(19)5-9(12)7-20/h1-5,8H,6H2. The topological polar surface area (TPSA) is 81.4 Å². The molecule has 0 unspecified atom stereocenters. The van der Waals surface area contributed by atoms with Gasteiger partial charge in [-0.2, -0.15) is 5.26 Å². The lowest BCUT2D eigenvalue weighted by atomic mass is 10.1. The van der Waals surface area contributed by atoms with Gasteiger partial charge in [-0.25, -0.2) is 9.37 Å². The van der Waals surface area contributed by atoms with Crippen LogP contribution in [0.25, 0.3) is 0 Å². The third-order valence-electron chi connectivity index (χ3n) is 3.91. The summed E-state index contributed by atoms with van der Waals surface area (Å²) in [5.74, 6) is -1.81. The predicted octanol–water partition coefficient (Wildman–Crippen LogP) is 3.90. The number of pyridine rings is 1. The Labute approximate surface area is 149 Å². The van der Waals surface area contributed by atoms with Crippen LogP contribution in [0.5, 0.6) is 11.5 Å². The fourth-order valence-corrected chi connectivity index (χ4v) is 3.46. The number of ether oxygens (including phenoxy) is 3. The summed E-state index contributed by atoms with van der Waals surface area (Å²) in [6.07, 6.45) is 4.03. The Morgan fingerprint density at radius 1 is 1.32 bits per heavy atom. The number of rotatable bonds is 2. The van der Waals surface area contributed by atoms with Gasteiger partial charge in [-0.3, -0.25) is 4.79 Å². The summed E-state index contributed by atoms with van der Waals surface area (Å²) in [4.78, 5) is 16.7. The van der Waals surface area contributed by atoms with Crippen LogP contribution in [0.2, 0.25) is 0 Å². The molecular formula is C17H8BrFN2O4. The van der Waals surface area contributed by atoms with Crippen molar-refractivity contribution in [1.82, 2.24) is 4.98 Å². The van der Waals surface area contributed by atoms with E-state index in [4.69, 9.17) is 19.5 Å². The Balaban J connectivity index is 1.83. The number of ketones is 1. The Morgan fingerprint density at radius 2 is 2.08 bits per heavy atom. The summed E-state index contributed by atoms with van der Waals surface area (Å²) in [5, 5.41) is 9.14. The molecule has 1 spiro atoms. The van der Waals surface area contributed by atoms with Crippen LogP contribution in [0.1, 0.15) is 27.9 Å². The van der Waals surface area contributed by atoms with Gasteiger partial charge in [0.25, 0.3) is 5.79 Å². The zero-order valence-electron chi connectivity index (χ0n) is 12.5. The lowest BCUT2D eigenvalue weighted by molar-refractivity contribution is -0.142. The number of carbonyl (C=O) groups is 1. The van der Waals surface area contributed by atoms with Crippen molar-refractivity contribution in [3.05, 3.63) is 64.0 Å². The molecular weight excluding hydrogens is 395 g/mol. The van der Waals surface area contributed by atoms with E-state index in [1.807, 2.05) is 6.07 Å². The molecule has 2 aromatic rings. The number of nitriles is 1. The number of aromatic nitrogens is 1. The second kappa shape index (κ2) is 5.57. The van der Waals surface area contributed by atoms with E-state index in [1.54, 1.807) is 0 Å². The zero-order valence-corrected chi connectivity index (χ0v) is 14.0. The van der Waals surface area contributed by atoms with Crippen molar-refractivity contribution < 1.29 is 23.4 Å². The van der Waals surface area contributed by atoms with Crippen molar-refractivity contribution in [1.29, 1.82) is 5.26 Å². The molecule has 2 aliphatic rings. The maximum Gasteiger partial charge on any atom is 0.287 e. The number of carbonyl (C=O) groups excluding carboxylic acids is 1. The maximum absolute atomic E-state index is 13.3. The van der Waals surface area contributed by atoms with E-state index < -0.39 is 11.6 Å². The van der Waals surface area contributed by atoms with Gasteiger partial charge in [0.05, 0.1) is 29.3 Å². The van der Waals surface area contributed by atoms with E-state index in [0.29, 0.717) is 10.2 Å². The fourth-order valence-electron chi connectivity index (χ4n) is 2.86. The minimum absolute atomic E-state index is 0.00635. The molecule has 2 heterocycles. The molecule has 0 N–H and O–H groups in total. The van der Waals surface area contributed by atoms with Gasteiger partial charge >= 0.3 is 0 Å². The number of nitrogens with zero attached hydrogens (tertiary/aromatic N) is 2. The van der Waals surface area contributed by atoms with Gasteiger partial charge in [-0.1, -0.05) is 0 Å². The Hall–Kier alpha value is -2.92. The Kier molecular flexibility index (Phi) is 3.47. The number of Topliss-reactive ketones (excluding diaryl/α,β-unsaturated/α-hetero) is 1. The summed E-state index contributed by atoms with van der Waals surface area (Å²) >= 11 is 3.31. The van der Waals surface area contributed by atoms with Gasteiger partial charge in [0.15, 0.2) is 11.5 Å². The summed E-state index contributed by atoms with van der Waals surface area (Å²) < 4.78 is 30.4. The molecule has 8 heteroatoms. The molecule has 0 atom stereocenters. The minimum Gasteiger partial charge on any atom is -0.454 e. The first-order chi connectivity index (χ1) is 12.0.